The number of hydrogen-bond acceptors (Lipinski definition) is 0. The summed E-state index contributed by atoms with van der Waals surface area (Å²) >= 11 is 0. The molecule has 0 spiro atoms. The zero-order valence-corrected chi connectivity index (χ0v) is 13.2. The molecule has 20 heavy (non-hydrogen) atoms. The SMILES string of the molecule is C1CCC[NH+](C2CC[NH+]([C@H]3C[C@H]4CC[C@H]3C4)CC2)CC1. The first kappa shape index (κ1) is 13.6. The van der Waals surface area contributed by atoms with Crippen LogP contribution in [0.5, 0.6) is 0 Å². The van der Waals surface area contributed by atoms with E-state index in [-0.39, 0.29) is 0 Å². The van der Waals surface area contributed by atoms with Crippen LogP contribution in [0.15, 0.2) is 0 Å². The van der Waals surface area contributed by atoms with Crippen LogP contribution in [0, 0.1) is 11.8 Å². The normalized spacial score (nSPS) is 46.5. The third kappa shape index (κ3) is 2.66. The second-order valence-corrected chi connectivity index (χ2v) is 8.29. The Balaban J connectivity index is 1.29. The quantitative estimate of drug-likeness (QED) is 0.735. The Morgan fingerprint density at radius 2 is 1.35 bits per heavy atom. The first-order valence-electron chi connectivity index (χ1n) is 9.59. The second-order valence-electron chi connectivity index (χ2n) is 8.29. The van der Waals surface area contributed by atoms with Crippen LogP contribution in [0.25, 0.3) is 0 Å². The molecule has 2 heteroatoms. The Bertz CT molecular complexity index is 313. The Kier molecular flexibility index (Phi) is 4.05. The summed E-state index contributed by atoms with van der Waals surface area (Å²) in [7, 11) is 0. The summed E-state index contributed by atoms with van der Waals surface area (Å²) in [5.74, 6) is 2.25. The van der Waals surface area contributed by atoms with E-state index in [4.69, 9.17) is 0 Å². The number of rotatable bonds is 2. The minimum Gasteiger partial charge on any atom is -0.332 e. The third-order valence-electron chi connectivity index (χ3n) is 7.21. The molecule has 3 atom stereocenters. The fourth-order valence-corrected chi connectivity index (χ4v) is 6.10. The minimum absolute atomic E-state index is 1.02. The third-order valence-corrected chi connectivity index (χ3v) is 7.21. The van der Waals surface area contributed by atoms with Gasteiger partial charge in [0.05, 0.1) is 38.3 Å². The lowest BCUT2D eigenvalue weighted by Crippen LogP contribution is -3.22. The molecule has 114 valence electrons. The lowest BCUT2D eigenvalue weighted by Gasteiger charge is -2.38. The molecule has 2 aliphatic heterocycles. The maximum absolute atomic E-state index is 2.02. The van der Waals surface area contributed by atoms with Crippen molar-refractivity contribution in [3.05, 3.63) is 0 Å². The van der Waals surface area contributed by atoms with Crippen LogP contribution in [-0.2, 0) is 0 Å². The average molecular weight is 278 g/mol. The summed E-state index contributed by atoms with van der Waals surface area (Å²) in [6, 6.07) is 2.10. The molecule has 2 saturated heterocycles. The van der Waals surface area contributed by atoms with Crippen molar-refractivity contribution in [2.45, 2.75) is 76.3 Å². The monoisotopic (exact) mass is 278 g/mol. The van der Waals surface area contributed by atoms with Gasteiger partial charge in [0.2, 0.25) is 0 Å². The van der Waals surface area contributed by atoms with Gasteiger partial charge in [0.1, 0.15) is 0 Å². The average Bonchev–Trinajstić information content (AvgIpc) is 3.02. The number of likely N-dealkylation sites (tertiary alicyclic amines) is 2. The van der Waals surface area contributed by atoms with E-state index in [9.17, 15) is 0 Å². The fraction of sp³-hybridized carbons (Fsp3) is 1.00. The van der Waals surface area contributed by atoms with Crippen LogP contribution < -0.4 is 9.80 Å². The maximum atomic E-state index is 2.02. The zero-order valence-electron chi connectivity index (χ0n) is 13.2. The second kappa shape index (κ2) is 5.96. The highest BCUT2D eigenvalue weighted by Crippen LogP contribution is 2.43. The number of hydrogen-bond donors (Lipinski definition) is 2. The van der Waals surface area contributed by atoms with E-state index in [1.54, 1.807) is 25.7 Å². The molecule has 2 bridgehead atoms. The highest BCUT2D eigenvalue weighted by Gasteiger charge is 2.46. The van der Waals surface area contributed by atoms with Crippen LogP contribution in [-0.4, -0.2) is 38.3 Å². The van der Waals surface area contributed by atoms with Gasteiger partial charge >= 0.3 is 0 Å². The largest absolute Gasteiger partial charge is 0.332 e. The molecule has 0 amide bonds. The van der Waals surface area contributed by atoms with E-state index in [0.29, 0.717) is 0 Å². The van der Waals surface area contributed by atoms with E-state index in [2.05, 4.69) is 0 Å². The van der Waals surface area contributed by atoms with Gasteiger partial charge in [-0.15, -0.1) is 0 Å². The predicted octanol–water partition coefficient (Wildman–Crippen LogP) is 0.681. The van der Waals surface area contributed by atoms with Gasteiger partial charge in [-0.25, -0.2) is 0 Å². The number of quaternary nitrogens is 2. The zero-order chi connectivity index (χ0) is 13.4. The van der Waals surface area contributed by atoms with E-state index < -0.39 is 0 Å². The number of fused-ring (bicyclic) bond motifs is 2. The van der Waals surface area contributed by atoms with Gasteiger partial charge in [-0.3, -0.25) is 0 Å². The van der Waals surface area contributed by atoms with Crippen molar-refractivity contribution >= 4 is 0 Å². The fourth-order valence-electron chi connectivity index (χ4n) is 6.10. The van der Waals surface area contributed by atoms with E-state index in [1.165, 1.54) is 64.7 Å². The molecule has 2 nitrogen and oxygen atoms in total. The number of piperidine rings is 1. The molecule has 2 heterocycles. The van der Waals surface area contributed by atoms with E-state index in [1.807, 2.05) is 9.80 Å². The summed E-state index contributed by atoms with van der Waals surface area (Å²) in [6.45, 7) is 5.96. The molecule has 0 aromatic rings. The first-order chi connectivity index (χ1) is 9.90. The summed E-state index contributed by atoms with van der Waals surface area (Å²) in [6.07, 6.45) is 15.4. The van der Waals surface area contributed by atoms with Crippen LogP contribution in [0.4, 0.5) is 0 Å². The molecule has 0 radical (unpaired) electrons. The summed E-state index contributed by atoms with van der Waals surface area (Å²) in [5.41, 5.74) is 0. The standard InChI is InChI=1S/C18H32N2/c1-2-4-10-19(9-3-1)17-7-11-20(12-8-17)18-14-15-5-6-16(18)13-15/h15-18H,1-14H2/p+2/t15-,16-,18-/m0/s1. The van der Waals surface area contributed by atoms with Gasteiger partial charge in [0, 0.05) is 25.2 Å². The van der Waals surface area contributed by atoms with Crippen LogP contribution >= 0.6 is 0 Å². The van der Waals surface area contributed by atoms with Gasteiger partial charge < -0.3 is 9.80 Å². The van der Waals surface area contributed by atoms with Crippen molar-refractivity contribution in [1.82, 2.24) is 0 Å². The predicted molar refractivity (Wildman–Crippen MR) is 82.1 cm³/mol. The maximum Gasteiger partial charge on any atom is 0.0983 e. The molecule has 2 saturated carbocycles. The van der Waals surface area contributed by atoms with Gasteiger partial charge in [0.25, 0.3) is 0 Å². The highest BCUT2D eigenvalue weighted by atomic mass is 15.2. The molecule has 2 aliphatic carbocycles. The van der Waals surface area contributed by atoms with Crippen LogP contribution in [0.3, 0.4) is 0 Å². The van der Waals surface area contributed by atoms with Gasteiger partial charge in [-0.1, -0.05) is 0 Å². The Morgan fingerprint density at radius 3 is 1.95 bits per heavy atom. The summed E-state index contributed by atoms with van der Waals surface area (Å²) in [5, 5.41) is 0. The van der Waals surface area contributed by atoms with Gasteiger partial charge in [0.15, 0.2) is 0 Å². The molecular formula is C18H34N2+2. The van der Waals surface area contributed by atoms with Crippen LogP contribution in [0.2, 0.25) is 0 Å². The lowest BCUT2D eigenvalue weighted by molar-refractivity contribution is -0.969. The molecule has 4 aliphatic rings. The minimum atomic E-state index is 1.02. The molecule has 2 N–H and O–H groups in total. The van der Waals surface area contributed by atoms with Crippen molar-refractivity contribution in [3.63, 3.8) is 0 Å². The van der Waals surface area contributed by atoms with Gasteiger partial charge in [-0.05, 0) is 50.9 Å². The Hall–Kier alpha value is -0.0800. The molecule has 0 aromatic heterocycles. The molecular weight excluding hydrogens is 244 g/mol. The van der Waals surface area contributed by atoms with Crippen molar-refractivity contribution < 1.29 is 9.80 Å². The molecule has 4 rings (SSSR count). The topological polar surface area (TPSA) is 8.88 Å². The highest BCUT2D eigenvalue weighted by molar-refractivity contribution is 4.90. The molecule has 4 fully saturated rings. The van der Waals surface area contributed by atoms with Crippen molar-refractivity contribution in [2.24, 2.45) is 11.8 Å². The Morgan fingerprint density at radius 1 is 0.600 bits per heavy atom. The summed E-state index contributed by atoms with van der Waals surface area (Å²) < 4.78 is 0. The number of nitrogens with one attached hydrogen (secondary N) is 2. The van der Waals surface area contributed by atoms with Gasteiger partial charge in [-0.2, -0.15) is 0 Å². The summed E-state index contributed by atoms with van der Waals surface area (Å²) in [4.78, 5) is 4.00. The van der Waals surface area contributed by atoms with Crippen molar-refractivity contribution in [1.29, 1.82) is 0 Å². The van der Waals surface area contributed by atoms with Crippen molar-refractivity contribution in [2.75, 3.05) is 26.2 Å². The van der Waals surface area contributed by atoms with Crippen molar-refractivity contribution in [3.8, 4) is 0 Å². The molecule has 0 unspecified atom stereocenters. The molecule has 0 aromatic carbocycles. The smallest absolute Gasteiger partial charge is 0.0983 e. The van der Waals surface area contributed by atoms with E-state index in [0.717, 1.165) is 23.9 Å². The van der Waals surface area contributed by atoms with E-state index >= 15 is 0 Å². The first-order valence-corrected chi connectivity index (χ1v) is 9.59. The van der Waals surface area contributed by atoms with Crippen LogP contribution in [0.1, 0.15) is 64.2 Å². The Labute approximate surface area is 124 Å². The lowest BCUT2D eigenvalue weighted by atomic mass is 9.91.